The first-order valence-electron chi connectivity index (χ1n) is 8.97. The summed E-state index contributed by atoms with van der Waals surface area (Å²) in [6.07, 6.45) is 3.16. The van der Waals surface area contributed by atoms with Gasteiger partial charge in [-0.05, 0) is 42.5 Å². The average molecular weight is 391 g/mol. The van der Waals surface area contributed by atoms with E-state index >= 15 is 0 Å². The molecule has 0 unspecified atom stereocenters. The van der Waals surface area contributed by atoms with Gasteiger partial charge in [0.25, 0.3) is 10.0 Å². The van der Waals surface area contributed by atoms with Crippen molar-refractivity contribution in [3.8, 4) is 0 Å². The number of likely N-dealkylation sites (tertiary alicyclic amines) is 1. The Labute approximate surface area is 158 Å². The van der Waals surface area contributed by atoms with Gasteiger partial charge < -0.3 is 4.90 Å². The van der Waals surface area contributed by atoms with Crippen molar-refractivity contribution >= 4 is 27.3 Å². The standard InChI is InChI=1S/C19H22N2O3S2/c22-18(20-10-3-4-11-20)13-17-7-8-19(25-17)26(23,24)21-12-9-15-5-1-2-6-16(15)14-21/h1-2,5-8H,3-4,9-14H2. The maximum Gasteiger partial charge on any atom is 0.252 e. The molecule has 26 heavy (non-hydrogen) atoms. The van der Waals surface area contributed by atoms with Crippen LogP contribution in [0.2, 0.25) is 0 Å². The lowest BCUT2D eigenvalue weighted by atomic mass is 10.0. The number of hydrogen-bond donors (Lipinski definition) is 0. The molecule has 1 aromatic heterocycles. The minimum Gasteiger partial charge on any atom is -0.342 e. The summed E-state index contributed by atoms with van der Waals surface area (Å²) in [7, 11) is -3.51. The van der Waals surface area contributed by atoms with Gasteiger partial charge in [0, 0.05) is 31.1 Å². The molecule has 2 aliphatic heterocycles. The third kappa shape index (κ3) is 3.43. The maximum absolute atomic E-state index is 13.0. The molecular weight excluding hydrogens is 368 g/mol. The number of hydrogen-bond acceptors (Lipinski definition) is 4. The van der Waals surface area contributed by atoms with E-state index in [-0.39, 0.29) is 5.91 Å². The molecule has 5 nitrogen and oxygen atoms in total. The second-order valence-corrected chi connectivity index (χ2v) is 10.2. The second kappa shape index (κ2) is 7.13. The third-order valence-corrected chi connectivity index (χ3v) is 8.51. The fourth-order valence-electron chi connectivity index (χ4n) is 3.62. The summed E-state index contributed by atoms with van der Waals surface area (Å²) in [5, 5.41) is 0. The van der Waals surface area contributed by atoms with E-state index in [0.29, 0.717) is 23.7 Å². The number of benzene rings is 1. The quantitative estimate of drug-likeness (QED) is 0.806. The number of amides is 1. The topological polar surface area (TPSA) is 57.7 Å². The molecule has 1 fully saturated rings. The van der Waals surface area contributed by atoms with Crippen LogP contribution >= 0.6 is 11.3 Å². The Morgan fingerprint density at radius 1 is 1.00 bits per heavy atom. The second-order valence-electron chi connectivity index (χ2n) is 6.84. The third-order valence-electron chi connectivity index (χ3n) is 5.11. The van der Waals surface area contributed by atoms with Gasteiger partial charge in [0.15, 0.2) is 0 Å². The normalized spacial score (nSPS) is 18.1. The molecule has 2 aromatic rings. The van der Waals surface area contributed by atoms with Crippen molar-refractivity contribution in [1.29, 1.82) is 0 Å². The number of fused-ring (bicyclic) bond motifs is 1. The van der Waals surface area contributed by atoms with Crippen LogP contribution in [0.1, 0.15) is 28.8 Å². The van der Waals surface area contributed by atoms with Gasteiger partial charge in [-0.3, -0.25) is 4.79 Å². The Morgan fingerprint density at radius 2 is 1.73 bits per heavy atom. The van der Waals surface area contributed by atoms with Gasteiger partial charge in [0.1, 0.15) is 4.21 Å². The SMILES string of the molecule is O=C(Cc1ccc(S(=O)(=O)N2CCc3ccccc3C2)s1)N1CCCC1. The molecule has 0 bridgehead atoms. The molecular formula is C19H22N2O3S2. The van der Waals surface area contributed by atoms with E-state index in [4.69, 9.17) is 0 Å². The number of rotatable bonds is 4. The van der Waals surface area contributed by atoms with Crippen molar-refractivity contribution in [2.45, 2.75) is 36.4 Å². The molecule has 2 aliphatic rings. The van der Waals surface area contributed by atoms with Crippen molar-refractivity contribution in [3.63, 3.8) is 0 Å². The van der Waals surface area contributed by atoms with Crippen LogP contribution in [0.15, 0.2) is 40.6 Å². The molecule has 138 valence electrons. The van der Waals surface area contributed by atoms with E-state index in [1.807, 2.05) is 23.1 Å². The minimum atomic E-state index is -3.51. The van der Waals surface area contributed by atoms with Gasteiger partial charge in [-0.1, -0.05) is 24.3 Å². The molecule has 7 heteroatoms. The number of carbonyl (C=O) groups is 1. The van der Waals surface area contributed by atoms with Gasteiger partial charge in [0.05, 0.1) is 6.42 Å². The number of carbonyl (C=O) groups excluding carboxylic acids is 1. The number of nitrogens with zero attached hydrogens (tertiary/aromatic N) is 2. The summed E-state index contributed by atoms with van der Waals surface area (Å²) in [4.78, 5) is 15.0. The molecule has 0 atom stereocenters. The molecule has 1 aromatic carbocycles. The lowest BCUT2D eigenvalue weighted by Crippen LogP contribution is -2.35. The predicted octanol–water partition coefficient (Wildman–Crippen LogP) is 2.66. The highest BCUT2D eigenvalue weighted by atomic mass is 32.2. The summed E-state index contributed by atoms with van der Waals surface area (Å²) >= 11 is 1.22. The molecule has 1 amide bonds. The molecule has 4 rings (SSSR count). The largest absolute Gasteiger partial charge is 0.342 e. The van der Waals surface area contributed by atoms with E-state index in [1.54, 1.807) is 16.4 Å². The Hall–Kier alpha value is -1.70. The van der Waals surface area contributed by atoms with E-state index in [0.717, 1.165) is 42.8 Å². The molecule has 0 N–H and O–H groups in total. The van der Waals surface area contributed by atoms with E-state index in [9.17, 15) is 13.2 Å². The Bertz CT molecular complexity index is 914. The lowest BCUT2D eigenvalue weighted by Gasteiger charge is -2.27. The summed E-state index contributed by atoms with van der Waals surface area (Å²) in [5.41, 5.74) is 2.30. The number of sulfonamides is 1. The lowest BCUT2D eigenvalue weighted by molar-refractivity contribution is -0.129. The van der Waals surface area contributed by atoms with Crippen molar-refractivity contribution < 1.29 is 13.2 Å². The van der Waals surface area contributed by atoms with Gasteiger partial charge in [-0.2, -0.15) is 4.31 Å². The number of thiophene rings is 1. The zero-order valence-corrected chi connectivity index (χ0v) is 16.2. The minimum absolute atomic E-state index is 0.0974. The van der Waals surface area contributed by atoms with E-state index in [2.05, 4.69) is 6.07 Å². The van der Waals surface area contributed by atoms with Crippen LogP contribution < -0.4 is 0 Å². The van der Waals surface area contributed by atoms with Crippen molar-refractivity contribution in [2.75, 3.05) is 19.6 Å². The predicted molar refractivity (Wildman–Crippen MR) is 102 cm³/mol. The zero-order valence-electron chi connectivity index (χ0n) is 14.6. The van der Waals surface area contributed by atoms with E-state index < -0.39 is 10.0 Å². The van der Waals surface area contributed by atoms with Gasteiger partial charge in [-0.15, -0.1) is 11.3 Å². The van der Waals surface area contributed by atoms with Crippen molar-refractivity contribution in [1.82, 2.24) is 9.21 Å². The molecule has 0 radical (unpaired) electrons. The highest BCUT2D eigenvalue weighted by molar-refractivity contribution is 7.91. The maximum atomic E-state index is 13.0. The summed E-state index contributed by atoms with van der Waals surface area (Å²) in [6, 6.07) is 11.4. The zero-order chi connectivity index (χ0) is 18.1. The molecule has 3 heterocycles. The smallest absolute Gasteiger partial charge is 0.252 e. The van der Waals surface area contributed by atoms with Crippen molar-refractivity contribution in [2.24, 2.45) is 0 Å². The molecule has 0 saturated carbocycles. The van der Waals surface area contributed by atoms with Gasteiger partial charge in [0.2, 0.25) is 5.91 Å². The fraction of sp³-hybridized carbons (Fsp3) is 0.421. The molecule has 0 aliphatic carbocycles. The van der Waals surface area contributed by atoms with Crippen LogP contribution in [0.5, 0.6) is 0 Å². The summed E-state index contributed by atoms with van der Waals surface area (Å²) < 4.78 is 27.9. The Kier molecular flexibility index (Phi) is 4.86. The highest BCUT2D eigenvalue weighted by Crippen LogP contribution is 2.29. The fourth-order valence-corrected chi connectivity index (χ4v) is 6.54. The Morgan fingerprint density at radius 3 is 2.50 bits per heavy atom. The first-order chi connectivity index (χ1) is 12.5. The monoisotopic (exact) mass is 390 g/mol. The van der Waals surface area contributed by atoms with Crippen LogP contribution in [0.4, 0.5) is 0 Å². The first kappa shape index (κ1) is 17.7. The molecule has 1 saturated heterocycles. The molecule has 0 spiro atoms. The van der Waals surface area contributed by atoms with Gasteiger partial charge >= 0.3 is 0 Å². The van der Waals surface area contributed by atoms with Crippen LogP contribution in [-0.2, 0) is 34.2 Å². The average Bonchev–Trinajstić information content (AvgIpc) is 3.33. The summed E-state index contributed by atoms with van der Waals surface area (Å²) in [6.45, 7) is 2.56. The first-order valence-corrected chi connectivity index (χ1v) is 11.2. The van der Waals surface area contributed by atoms with Crippen LogP contribution in [0, 0.1) is 0 Å². The van der Waals surface area contributed by atoms with Crippen LogP contribution in [0.25, 0.3) is 0 Å². The van der Waals surface area contributed by atoms with Gasteiger partial charge in [-0.25, -0.2) is 8.42 Å². The summed E-state index contributed by atoms with van der Waals surface area (Å²) in [5.74, 6) is 0.0974. The Balaban J connectivity index is 1.48. The van der Waals surface area contributed by atoms with Crippen LogP contribution in [0.3, 0.4) is 0 Å². The highest BCUT2D eigenvalue weighted by Gasteiger charge is 2.30. The van der Waals surface area contributed by atoms with E-state index in [1.165, 1.54) is 16.9 Å². The van der Waals surface area contributed by atoms with Crippen LogP contribution in [-0.4, -0.2) is 43.2 Å². The van der Waals surface area contributed by atoms with Crippen molar-refractivity contribution in [3.05, 3.63) is 52.4 Å².